The minimum absolute atomic E-state index is 0.0967. The third kappa shape index (κ3) is 3.23. The monoisotopic (exact) mass is 354 g/mol. The molecule has 0 bridgehead atoms. The molecule has 1 aromatic carbocycles. The van der Waals surface area contributed by atoms with Crippen LogP contribution in [0.3, 0.4) is 0 Å². The van der Waals surface area contributed by atoms with Gasteiger partial charge in [0.05, 0.1) is 15.5 Å². The molecule has 8 heteroatoms. The summed E-state index contributed by atoms with van der Waals surface area (Å²) < 4.78 is 22.9. The molecule has 0 radical (unpaired) electrons. The van der Waals surface area contributed by atoms with Crippen molar-refractivity contribution >= 4 is 43.5 Å². The van der Waals surface area contributed by atoms with Gasteiger partial charge in [-0.05, 0) is 35.0 Å². The van der Waals surface area contributed by atoms with Gasteiger partial charge in [0.25, 0.3) is 5.91 Å². The van der Waals surface area contributed by atoms with Crippen LogP contribution in [0.4, 0.5) is 0 Å². The zero-order valence-electron chi connectivity index (χ0n) is 9.78. The number of rotatable bonds is 3. The first-order valence-corrected chi connectivity index (χ1v) is 7.67. The van der Waals surface area contributed by atoms with Crippen LogP contribution in [0.25, 0.3) is 0 Å². The van der Waals surface area contributed by atoms with Crippen LogP contribution < -0.4 is 5.14 Å². The first-order chi connectivity index (χ1) is 8.18. The number of halogens is 2. The fraction of sp³-hybridized carbons (Fsp3) is 0.300. The molecule has 18 heavy (non-hydrogen) atoms. The van der Waals surface area contributed by atoms with E-state index in [2.05, 4.69) is 15.9 Å². The number of nitrogens with zero attached hydrogens (tertiary/aromatic N) is 1. The lowest BCUT2D eigenvalue weighted by Crippen LogP contribution is -2.27. The molecule has 0 aliphatic carbocycles. The molecule has 0 atom stereocenters. The van der Waals surface area contributed by atoms with Crippen molar-refractivity contribution in [1.29, 1.82) is 0 Å². The lowest BCUT2D eigenvalue weighted by atomic mass is 10.2. The van der Waals surface area contributed by atoms with E-state index in [0.29, 0.717) is 11.0 Å². The molecule has 5 nitrogen and oxygen atoms in total. The second-order valence-corrected chi connectivity index (χ2v) is 6.42. The molecule has 1 aromatic rings. The van der Waals surface area contributed by atoms with E-state index in [1.165, 1.54) is 17.0 Å². The average Bonchev–Trinajstić information content (AvgIpc) is 2.29. The maximum Gasteiger partial charge on any atom is 0.255 e. The van der Waals surface area contributed by atoms with Gasteiger partial charge in [-0.2, -0.15) is 0 Å². The molecule has 0 fully saturated rings. The molecule has 2 N–H and O–H groups in total. The molecule has 0 aromatic heterocycles. The van der Waals surface area contributed by atoms with Crippen LogP contribution >= 0.6 is 27.5 Å². The Morgan fingerprint density at radius 3 is 2.50 bits per heavy atom. The van der Waals surface area contributed by atoms with Gasteiger partial charge in [-0.3, -0.25) is 4.79 Å². The van der Waals surface area contributed by atoms with E-state index in [9.17, 15) is 13.2 Å². The molecule has 0 aliphatic rings. The van der Waals surface area contributed by atoms with Gasteiger partial charge in [0.15, 0.2) is 0 Å². The van der Waals surface area contributed by atoms with Crippen molar-refractivity contribution in [3.05, 3.63) is 27.2 Å². The second kappa shape index (κ2) is 5.56. The van der Waals surface area contributed by atoms with Gasteiger partial charge in [0, 0.05) is 18.1 Å². The van der Waals surface area contributed by atoms with E-state index < -0.39 is 10.0 Å². The smallest absolute Gasteiger partial charge is 0.255 e. The number of nitrogens with two attached hydrogens (primary N) is 1. The molecular weight excluding hydrogens is 344 g/mol. The molecule has 0 heterocycles. The van der Waals surface area contributed by atoms with Crippen molar-refractivity contribution in [2.45, 2.75) is 11.8 Å². The molecule has 0 saturated heterocycles. The second-order valence-electron chi connectivity index (χ2n) is 3.63. The predicted molar refractivity (Wildman–Crippen MR) is 73.2 cm³/mol. The van der Waals surface area contributed by atoms with Gasteiger partial charge in [-0.1, -0.05) is 11.6 Å². The van der Waals surface area contributed by atoms with E-state index in [0.717, 1.165) is 0 Å². The summed E-state index contributed by atoms with van der Waals surface area (Å²) in [6.07, 6.45) is 0. The summed E-state index contributed by atoms with van der Waals surface area (Å²) in [6.45, 7) is 2.27. The number of hydrogen-bond acceptors (Lipinski definition) is 3. The van der Waals surface area contributed by atoms with Crippen LogP contribution in [-0.2, 0) is 10.0 Å². The summed E-state index contributed by atoms with van der Waals surface area (Å²) >= 11 is 9.09. The number of amides is 1. The lowest BCUT2D eigenvalue weighted by molar-refractivity contribution is 0.0802. The third-order valence-corrected chi connectivity index (χ3v) is 4.54. The van der Waals surface area contributed by atoms with Crippen molar-refractivity contribution < 1.29 is 13.2 Å². The molecule has 100 valence electrons. The summed E-state index contributed by atoms with van der Waals surface area (Å²) in [7, 11) is -2.30. The van der Waals surface area contributed by atoms with Crippen LogP contribution in [0.5, 0.6) is 0 Å². The molecular formula is C10H12BrClN2O3S. The van der Waals surface area contributed by atoms with E-state index in [-0.39, 0.29) is 21.4 Å². The van der Waals surface area contributed by atoms with Gasteiger partial charge in [-0.15, -0.1) is 0 Å². The highest BCUT2D eigenvalue weighted by Crippen LogP contribution is 2.30. The highest BCUT2D eigenvalue weighted by atomic mass is 79.9. The van der Waals surface area contributed by atoms with Crippen LogP contribution in [-0.4, -0.2) is 32.8 Å². The Balaban J connectivity index is 3.45. The van der Waals surface area contributed by atoms with Crippen LogP contribution in [0.15, 0.2) is 21.5 Å². The maximum atomic E-state index is 12.0. The minimum Gasteiger partial charge on any atom is -0.342 e. The maximum absolute atomic E-state index is 12.0. The van der Waals surface area contributed by atoms with Gasteiger partial charge >= 0.3 is 0 Å². The Morgan fingerprint density at radius 1 is 1.50 bits per heavy atom. The Kier molecular flexibility index (Phi) is 4.77. The Bertz CT molecular complexity index is 589. The average molecular weight is 356 g/mol. The number of carbonyl (C=O) groups excluding carboxylic acids is 1. The van der Waals surface area contributed by atoms with Crippen molar-refractivity contribution in [3.8, 4) is 0 Å². The summed E-state index contributed by atoms with van der Waals surface area (Å²) in [5.74, 6) is -0.367. The summed E-state index contributed by atoms with van der Waals surface area (Å²) in [4.78, 5) is 13.3. The fourth-order valence-corrected chi connectivity index (χ4v) is 2.60. The summed E-state index contributed by atoms with van der Waals surface area (Å²) in [5.41, 5.74) is 0.0967. The molecule has 1 amide bonds. The van der Waals surface area contributed by atoms with E-state index in [4.69, 9.17) is 16.7 Å². The topological polar surface area (TPSA) is 80.5 Å². The number of hydrogen-bond donors (Lipinski definition) is 1. The molecule has 0 aliphatic heterocycles. The zero-order chi connectivity index (χ0) is 14.1. The Labute approximate surface area is 119 Å². The first-order valence-electron chi connectivity index (χ1n) is 4.95. The number of primary sulfonamides is 1. The highest BCUT2D eigenvalue weighted by molar-refractivity contribution is 9.10. The van der Waals surface area contributed by atoms with Crippen LogP contribution in [0, 0.1) is 0 Å². The third-order valence-electron chi connectivity index (χ3n) is 2.38. The fourth-order valence-electron chi connectivity index (χ4n) is 1.23. The van der Waals surface area contributed by atoms with E-state index in [1.54, 1.807) is 14.0 Å². The quantitative estimate of drug-likeness (QED) is 0.898. The van der Waals surface area contributed by atoms with Crippen molar-refractivity contribution in [2.75, 3.05) is 13.6 Å². The standard InChI is InChI=1S/C10H12BrClN2O3S/c1-3-14(2)10(15)7-4-6(18(13,16)17)5-8(11)9(7)12/h4-5H,3H2,1-2H3,(H2,13,16,17). The highest BCUT2D eigenvalue weighted by Gasteiger charge is 2.20. The molecule has 0 saturated carbocycles. The van der Waals surface area contributed by atoms with Crippen molar-refractivity contribution in [3.63, 3.8) is 0 Å². The summed E-state index contributed by atoms with van der Waals surface area (Å²) in [6, 6.07) is 2.44. The van der Waals surface area contributed by atoms with E-state index >= 15 is 0 Å². The Hall–Kier alpha value is -0.630. The van der Waals surface area contributed by atoms with Gasteiger partial charge < -0.3 is 4.90 Å². The normalized spacial score (nSPS) is 11.4. The van der Waals surface area contributed by atoms with Crippen LogP contribution in [0.1, 0.15) is 17.3 Å². The van der Waals surface area contributed by atoms with Gasteiger partial charge in [-0.25, -0.2) is 13.6 Å². The summed E-state index contributed by atoms with van der Waals surface area (Å²) in [5, 5.41) is 5.20. The predicted octanol–water partition coefficient (Wildman–Crippen LogP) is 1.84. The zero-order valence-corrected chi connectivity index (χ0v) is 12.9. The first kappa shape index (κ1) is 15.4. The van der Waals surface area contributed by atoms with Gasteiger partial charge in [0.1, 0.15) is 0 Å². The number of sulfonamides is 1. The largest absolute Gasteiger partial charge is 0.342 e. The van der Waals surface area contributed by atoms with Crippen LogP contribution in [0.2, 0.25) is 5.02 Å². The Morgan fingerprint density at radius 2 is 2.06 bits per heavy atom. The molecule has 0 unspecified atom stereocenters. The molecule has 0 spiro atoms. The van der Waals surface area contributed by atoms with Crippen molar-refractivity contribution in [1.82, 2.24) is 4.90 Å². The SMILES string of the molecule is CCN(C)C(=O)c1cc(S(N)(=O)=O)cc(Br)c1Cl. The number of benzene rings is 1. The number of carbonyl (C=O) groups is 1. The van der Waals surface area contributed by atoms with E-state index in [1.807, 2.05) is 0 Å². The molecule has 1 rings (SSSR count). The lowest BCUT2D eigenvalue weighted by Gasteiger charge is -2.16. The van der Waals surface area contributed by atoms with Gasteiger partial charge in [0.2, 0.25) is 10.0 Å². The van der Waals surface area contributed by atoms with Crippen molar-refractivity contribution in [2.24, 2.45) is 5.14 Å². The minimum atomic E-state index is -3.89.